The van der Waals surface area contributed by atoms with Crippen LogP contribution in [0.4, 0.5) is 0 Å². The Balaban J connectivity index is 0.00000289. The highest BCUT2D eigenvalue weighted by molar-refractivity contribution is 14.0. The minimum Gasteiger partial charge on any atom is -0.356 e. The molecule has 3 heterocycles. The fraction of sp³-hybridized carbons (Fsp3) is 0.625. The summed E-state index contributed by atoms with van der Waals surface area (Å²) in [7, 11) is 1.85. The third kappa shape index (κ3) is 6.66. The van der Waals surface area contributed by atoms with E-state index in [0.29, 0.717) is 6.04 Å². The minimum absolute atomic E-state index is 0. The molecule has 7 nitrogen and oxygen atoms in total. The van der Waals surface area contributed by atoms with Gasteiger partial charge >= 0.3 is 0 Å². The highest BCUT2D eigenvalue weighted by Crippen LogP contribution is 2.24. The Morgan fingerprint density at radius 3 is 2.56 bits per heavy atom. The van der Waals surface area contributed by atoms with Crippen molar-refractivity contribution in [2.45, 2.75) is 64.0 Å². The van der Waals surface area contributed by atoms with Gasteiger partial charge in [-0.1, -0.05) is 36.8 Å². The summed E-state index contributed by atoms with van der Waals surface area (Å²) in [6.07, 6.45) is 9.42. The first-order chi connectivity index (χ1) is 15.3. The zero-order chi connectivity index (χ0) is 21.3. The number of aryl methyl sites for hydroxylation is 2. The average Bonchev–Trinajstić information content (AvgIpc) is 3.41. The van der Waals surface area contributed by atoms with Crippen molar-refractivity contribution >= 4 is 29.9 Å². The van der Waals surface area contributed by atoms with Crippen LogP contribution in [0.1, 0.15) is 61.8 Å². The first kappa shape index (κ1) is 25.0. The second-order valence-corrected chi connectivity index (χ2v) is 8.65. The lowest BCUT2D eigenvalue weighted by atomic mass is 10.1. The van der Waals surface area contributed by atoms with E-state index in [9.17, 15) is 0 Å². The first-order valence-electron chi connectivity index (χ1n) is 12.0. The molecule has 32 heavy (non-hydrogen) atoms. The molecule has 0 aliphatic carbocycles. The SMILES string of the molecule is CN=C(NCCCc1nnc2n1CCCCC2)NCC(c1ccccc1)N1CCCC1.I. The third-order valence-corrected chi connectivity index (χ3v) is 6.51. The van der Waals surface area contributed by atoms with Crippen LogP contribution in [0.5, 0.6) is 0 Å². The largest absolute Gasteiger partial charge is 0.356 e. The normalized spacial score (nSPS) is 17.8. The second-order valence-electron chi connectivity index (χ2n) is 8.65. The molecule has 0 saturated carbocycles. The van der Waals surface area contributed by atoms with E-state index in [1.165, 1.54) is 56.6 Å². The maximum atomic E-state index is 4.45. The van der Waals surface area contributed by atoms with Crippen LogP contribution in [0.25, 0.3) is 0 Å². The van der Waals surface area contributed by atoms with E-state index in [1.807, 2.05) is 7.05 Å². The summed E-state index contributed by atoms with van der Waals surface area (Å²) in [6, 6.07) is 11.2. The van der Waals surface area contributed by atoms with E-state index >= 15 is 0 Å². The van der Waals surface area contributed by atoms with Gasteiger partial charge in [0, 0.05) is 39.5 Å². The van der Waals surface area contributed by atoms with E-state index in [1.54, 1.807) is 0 Å². The Morgan fingerprint density at radius 1 is 1.00 bits per heavy atom. The van der Waals surface area contributed by atoms with Gasteiger partial charge in [0.25, 0.3) is 0 Å². The quantitative estimate of drug-likeness (QED) is 0.227. The highest BCUT2D eigenvalue weighted by atomic mass is 127. The number of fused-ring (bicyclic) bond motifs is 1. The molecule has 1 fully saturated rings. The number of aliphatic imine (C=N–C) groups is 1. The molecular weight excluding hydrogens is 513 g/mol. The summed E-state index contributed by atoms with van der Waals surface area (Å²) in [6.45, 7) is 5.17. The van der Waals surface area contributed by atoms with Gasteiger partial charge in [-0.3, -0.25) is 9.89 Å². The maximum Gasteiger partial charge on any atom is 0.191 e. The van der Waals surface area contributed by atoms with Crippen LogP contribution in [0.3, 0.4) is 0 Å². The number of aromatic nitrogens is 3. The number of halogens is 1. The smallest absolute Gasteiger partial charge is 0.191 e. The molecule has 8 heteroatoms. The lowest BCUT2D eigenvalue weighted by molar-refractivity contribution is 0.245. The predicted octanol–water partition coefficient (Wildman–Crippen LogP) is 3.56. The fourth-order valence-corrected chi connectivity index (χ4v) is 4.78. The summed E-state index contributed by atoms with van der Waals surface area (Å²) in [5, 5.41) is 15.9. The molecule has 1 saturated heterocycles. The second kappa shape index (κ2) is 13.1. The van der Waals surface area contributed by atoms with Crippen LogP contribution in [0, 0.1) is 0 Å². The van der Waals surface area contributed by atoms with E-state index < -0.39 is 0 Å². The molecule has 0 amide bonds. The zero-order valence-electron chi connectivity index (χ0n) is 19.3. The van der Waals surface area contributed by atoms with Gasteiger partial charge in [0.15, 0.2) is 5.96 Å². The Morgan fingerprint density at radius 2 is 1.78 bits per heavy atom. The number of rotatable bonds is 8. The lowest BCUT2D eigenvalue weighted by Gasteiger charge is -2.29. The zero-order valence-corrected chi connectivity index (χ0v) is 21.6. The van der Waals surface area contributed by atoms with Gasteiger partial charge < -0.3 is 15.2 Å². The molecule has 1 unspecified atom stereocenters. The minimum atomic E-state index is 0. The molecule has 1 aromatic carbocycles. The van der Waals surface area contributed by atoms with Crippen LogP contribution in [-0.4, -0.2) is 58.9 Å². The van der Waals surface area contributed by atoms with E-state index in [0.717, 1.165) is 50.7 Å². The Hall–Kier alpha value is -1.68. The van der Waals surface area contributed by atoms with Gasteiger partial charge in [-0.2, -0.15) is 0 Å². The monoisotopic (exact) mass is 551 g/mol. The summed E-state index contributed by atoms with van der Waals surface area (Å²) >= 11 is 0. The van der Waals surface area contributed by atoms with Gasteiger partial charge in [-0.05, 0) is 50.8 Å². The topological polar surface area (TPSA) is 70.4 Å². The van der Waals surface area contributed by atoms with Crippen LogP contribution >= 0.6 is 24.0 Å². The van der Waals surface area contributed by atoms with E-state index in [-0.39, 0.29) is 24.0 Å². The highest BCUT2D eigenvalue weighted by Gasteiger charge is 2.23. The van der Waals surface area contributed by atoms with Crippen molar-refractivity contribution in [2.24, 2.45) is 4.99 Å². The number of hydrogen-bond donors (Lipinski definition) is 2. The van der Waals surface area contributed by atoms with E-state index in [2.05, 4.69) is 65.6 Å². The molecule has 0 bridgehead atoms. The average molecular weight is 552 g/mol. The number of likely N-dealkylation sites (tertiary alicyclic amines) is 1. The van der Waals surface area contributed by atoms with Crippen molar-refractivity contribution in [2.75, 3.05) is 33.2 Å². The molecule has 2 aliphatic rings. The molecule has 1 aromatic heterocycles. The molecule has 1 atom stereocenters. The molecule has 4 rings (SSSR count). The molecule has 176 valence electrons. The third-order valence-electron chi connectivity index (χ3n) is 6.51. The number of nitrogens with one attached hydrogen (secondary N) is 2. The Bertz CT molecular complexity index is 830. The van der Waals surface area contributed by atoms with Crippen molar-refractivity contribution in [1.29, 1.82) is 0 Å². The summed E-state index contributed by atoms with van der Waals surface area (Å²) in [5.74, 6) is 3.19. The van der Waals surface area contributed by atoms with Gasteiger partial charge in [0.2, 0.25) is 0 Å². The predicted molar refractivity (Wildman–Crippen MR) is 141 cm³/mol. The van der Waals surface area contributed by atoms with Crippen molar-refractivity contribution < 1.29 is 0 Å². The molecule has 2 N–H and O–H groups in total. The standard InChI is InChI=1S/C24H37N7.HI/c1-25-24(26-15-10-14-23-29-28-22-13-6-3-7-18-31(22)23)27-19-21(30-16-8-9-17-30)20-11-4-2-5-12-20;/h2,4-5,11-12,21H,3,6-10,13-19H2,1H3,(H2,25,26,27);1H. The van der Waals surface area contributed by atoms with Crippen LogP contribution in [0.15, 0.2) is 35.3 Å². The lowest BCUT2D eigenvalue weighted by Crippen LogP contribution is -2.43. The molecular formula is C24H38IN7. The summed E-state index contributed by atoms with van der Waals surface area (Å²) in [4.78, 5) is 7.03. The van der Waals surface area contributed by atoms with Gasteiger partial charge in [0.1, 0.15) is 11.6 Å². The summed E-state index contributed by atoms with van der Waals surface area (Å²) < 4.78 is 2.35. The Labute approximate surface area is 209 Å². The van der Waals surface area contributed by atoms with Crippen LogP contribution < -0.4 is 10.6 Å². The number of benzene rings is 1. The maximum absolute atomic E-state index is 4.45. The van der Waals surface area contributed by atoms with Crippen molar-refractivity contribution in [3.63, 3.8) is 0 Å². The number of nitrogens with zero attached hydrogens (tertiary/aromatic N) is 5. The number of guanidine groups is 1. The molecule has 0 spiro atoms. The van der Waals surface area contributed by atoms with Crippen molar-refractivity contribution in [3.8, 4) is 0 Å². The van der Waals surface area contributed by atoms with E-state index in [4.69, 9.17) is 0 Å². The number of hydrogen-bond acceptors (Lipinski definition) is 4. The van der Waals surface area contributed by atoms with Crippen LogP contribution in [0.2, 0.25) is 0 Å². The van der Waals surface area contributed by atoms with Gasteiger partial charge in [-0.15, -0.1) is 34.2 Å². The Kier molecular flexibility index (Phi) is 10.2. The molecule has 0 radical (unpaired) electrons. The van der Waals surface area contributed by atoms with Crippen molar-refractivity contribution in [3.05, 3.63) is 47.5 Å². The van der Waals surface area contributed by atoms with Gasteiger partial charge in [-0.25, -0.2) is 0 Å². The first-order valence-corrected chi connectivity index (χ1v) is 12.0. The summed E-state index contributed by atoms with van der Waals surface area (Å²) in [5.41, 5.74) is 1.37. The van der Waals surface area contributed by atoms with Crippen LogP contribution in [-0.2, 0) is 19.4 Å². The molecule has 2 aromatic rings. The molecule has 2 aliphatic heterocycles. The van der Waals surface area contributed by atoms with Gasteiger partial charge in [0.05, 0.1) is 6.04 Å². The van der Waals surface area contributed by atoms with Crippen molar-refractivity contribution in [1.82, 2.24) is 30.3 Å². The fourth-order valence-electron chi connectivity index (χ4n) is 4.78.